The zero-order valence-corrected chi connectivity index (χ0v) is 15.7. The molecule has 0 aliphatic carbocycles. The number of hydrogen-bond acceptors (Lipinski definition) is 5. The van der Waals surface area contributed by atoms with Crippen molar-refractivity contribution < 1.29 is 24.1 Å². The highest BCUT2D eigenvalue weighted by atomic mass is 35.5. The number of benzene rings is 1. The van der Waals surface area contributed by atoms with E-state index >= 15 is 0 Å². The Morgan fingerprint density at radius 1 is 1.38 bits per heavy atom. The molecule has 0 saturated carbocycles. The summed E-state index contributed by atoms with van der Waals surface area (Å²) >= 11 is 6.00. The molecule has 26 heavy (non-hydrogen) atoms. The minimum Gasteiger partial charge on any atom is -0.457 e. The third-order valence-electron chi connectivity index (χ3n) is 4.20. The molecule has 0 amide bonds. The van der Waals surface area contributed by atoms with E-state index in [2.05, 4.69) is 6.58 Å². The lowest BCUT2D eigenvalue weighted by Gasteiger charge is -2.36. The second-order valence-electron chi connectivity index (χ2n) is 5.97. The van der Waals surface area contributed by atoms with Crippen LogP contribution >= 0.6 is 11.6 Å². The molecule has 0 saturated heterocycles. The number of ether oxygens (including phenoxy) is 3. The highest BCUT2D eigenvalue weighted by Gasteiger charge is 2.38. The van der Waals surface area contributed by atoms with Crippen LogP contribution in [0.1, 0.15) is 31.2 Å². The highest BCUT2D eigenvalue weighted by molar-refractivity contribution is 6.30. The van der Waals surface area contributed by atoms with Crippen molar-refractivity contribution in [2.45, 2.75) is 32.0 Å². The fraction of sp³-hybridized carbons (Fsp3) is 0.450. The number of aliphatic hydroxyl groups is 1. The largest absolute Gasteiger partial charge is 0.457 e. The summed E-state index contributed by atoms with van der Waals surface area (Å²) in [6.45, 7) is 6.05. The van der Waals surface area contributed by atoms with Gasteiger partial charge >= 0.3 is 5.97 Å². The Morgan fingerprint density at radius 3 is 2.73 bits per heavy atom. The first-order valence-corrected chi connectivity index (χ1v) is 9.12. The monoisotopic (exact) mass is 380 g/mol. The van der Waals surface area contributed by atoms with Gasteiger partial charge in [0.15, 0.2) is 0 Å². The Morgan fingerprint density at radius 2 is 2.12 bits per heavy atom. The highest BCUT2D eigenvalue weighted by Crippen LogP contribution is 2.39. The molecule has 0 aromatic heterocycles. The van der Waals surface area contributed by atoms with Gasteiger partial charge in [-0.25, -0.2) is 4.79 Å². The summed E-state index contributed by atoms with van der Waals surface area (Å²) in [6.07, 6.45) is 3.99. The lowest BCUT2D eigenvalue weighted by atomic mass is 9.80. The van der Waals surface area contributed by atoms with E-state index in [1.165, 1.54) is 6.08 Å². The Kier molecular flexibility index (Phi) is 8.16. The maximum absolute atomic E-state index is 12.3. The SMILES string of the molecule is C=CCOC(=O)C1=C[C@H](c2ccc(Cl)cc2)[C@H](CCCO)[C@H](OCC)O1. The zero-order chi connectivity index (χ0) is 18.9. The molecule has 0 bridgehead atoms. The average molecular weight is 381 g/mol. The van der Waals surface area contributed by atoms with Gasteiger partial charge in [0.1, 0.15) is 6.61 Å². The lowest BCUT2D eigenvalue weighted by molar-refractivity contribution is -0.175. The second kappa shape index (κ2) is 10.4. The number of aliphatic hydroxyl groups excluding tert-OH is 1. The van der Waals surface area contributed by atoms with Crippen molar-refractivity contribution in [2.75, 3.05) is 19.8 Å². The molecule has 0 spiro atoms. The van der Waals surface area contributed by atoms with Gasteiger partial charge in [-0.2, -0.15) is 0 Å². The van der Waals surface area contributed by atoms with Crippen molar-refractivity contribution in [3.05, 3.63) is 59.3 Å². The van der Waals surface area contributed by atoms with Crippen molar-refractivity contribution >= 4 is 17.6 Å². The normalized spacial score (nSPS) is 22.3. The van der Waals surface area contributed by atoms with Crippen LogP contribution in [0.15, 0.2) is 48.8 Å². The van der Waals surface area contributed by atoms with E-state index in [-0.39, 0.29) is 30.8 Å². The summed E-state index contributed by atoms with van der Waals surface area (Å²) in [5.74, 6) is -0.575. The van der Waals surface area contributed by atoms with Crippen molar-refractivity contribution in [1.82, 2.24) is 0 Å². The third-order valence-corrected chi connectivity index (χ3v) is 4.45. The summed E-state index contributed by atoms with van der Waals surface area (Å²) < 4.78 is 16.7. The van der Waals surface area contributed by atoms with Crippen molar-refractivity contribution in [3.63, 3.8) is 0 Å². The van der Waals surface area contributed by atoms with Gasteiger partial charge in [0.25, 0.3) is 0 Å². The van der Waals surface area contributed by atoms with E-state index in [4.69, 9.17) is 25.8 Å². The fourth-order valence-electron chi connectivity index (χ4n) is 3.02. The van der Waals surface area contributed by atoms with E-state index in [0.717, 1.165) is 5.56 Å². The first-order chi connectivity index (χ1) is 12.6. The van der Waals surface area contributed by atoms with Gasteiger partial charge in [0.2, 0.25) is 12.0 Å². The Labute approximate surface area is 159 Å². The first kappa shape index (κ1) is 20.5. The Hall–Kier alpha value is -1.82. The molecule has 3 atom stereocenters. The van der Waals surface area contributed by atoms with Crippen LogP contribution in [0.25, 0.3) is 0 Å². The van der Waals surface area contributed by atoms with Gasteiger partial charge in [-0.1, -0.05) is 36.4 Å². The first-order valence-electron chi connectivity index (χ1n) is 8.75. The fourth-order valence-corrected chi connectivity index (χ4v) is 3.15. The lowest BCUT2D eigenvalue weighted by Crippen LogP contribution is -2.36. The zero-order valence-electron chi connectivity index (χ0n) is 14.9. The van der Waals surface area contributed by atoms with Gasteiger partial charge in [0.05, 0.1) is 0 Å². The number of rotatable bonds is 9. The predicted molar refractivity (Wildman–Crippen MR) is 99.7 cm³/mol. The molecule has 0 fully saturated rings. The second-order valence-corrected chi connectivity index (χ2v) is 6.40. The van der Waals surface area contributed by atoms with E-state index in [9.17, 15) is 9.90 Å². The minimum absolute atomic E-state index is 0.0424. The molecule has 1 aliphatic rings. The van der Waals surface area contributed by atoms with E-state index in [1.807, 2.05) is 31.2 Å². The van der Waals surface area contributed by atoms with Crippen LogP contribution in [0.5, 0.6) is 0 Å². The van der Waals surface area contributed by atoms with E-state index in [1.54, 1.807) is 6.08 Å². The van der Waals surface area contributed by atoms with Gasteiger partial charge in [-0.15, -0.1) is 0 Å². The van der Waals surface area contributed by atoms with Gasteiger partial charge < -0.3 is 19.3 Å². The predicted octanol–water partition coefficient (Wildman–Crippen LogP) is 3.82. The molecule has 1 aromatic carbocycles. The molecule has 6 heteroatoms. The Balaban J connectivity index is 2.36. The molecular formula is C20H25ClO5. The van der Waals surface area contributed by atoms with Crippen molar-refractivity contribution in [1.29, 1.82) is 0 Å². The smallest absolute Gasteiger partial charge is 0.373 e. The molecule has 2 rings (SSSR count). The maximum atomic E-state index is 12.3. The standard InChI is InChI=1S/C20H25ClO5/c1-3-12-25-19(23)18-13-17(14-7-9-15(21)10-8-14)16(6-5-11-22)20(26-18)24-4-2/h3,7-10,13,16-17,20,22H,1,4-6,11-12H2,2H3/t16-,17+,20+/m0/s1. The molecule has 1 heterocycles. The van der Waals surface area contributed by atoms with Crippen LogP contribution in [-0.2, 0) is 19.0 Å². The number of esters is 1. The van der Waals surface area contributed by atoms with Crippen LogP contribution < -0.4 is 0 Å². The maximum Gasteiger partial charge on any atom is 0.373 e. The number of carbonyl (C=O) groups is 1. The van der Waals surface area contributed by atoms with Gasteiger partial charge in [-0.3, -0.25) is 0 Å². The average Bonchev–Trinajstić information content (AvgIpc) is 2.65. The molecule has 1 N–H and O–H groups in total. The summed E-state index contributed by atoms with van der Waals surface area (Å²) in [4.78, 5) is 12.3. The van der Waals surface area contributed by atoms with E-state index < -0.39 is 12.3 Å². The van der Waals surface area contributed by atoms with Crippen molar-refractivity contribution in [2.24, 2.45) is 5.92 Å². The molecule has 0 radical (unpaired) electrons. The van der Waals surface area contributed by atoms with Crippen LogP contribution in [-0.4, -0.2) is 37.2 Å². The summed E-state index contributed by atoms with van der Waals surface area (Å²) in [6, 6.07) is 7.48. The number of halogens is 1. The molecule has 142 valence electrons. The van der Waals surface area contributed by atoms with Gasteiger partial charge in [-0.05, 0) is 43.5 Å². The molecule has 1 aliphatic heterocycles. The topological polar surface area (TPSA) is 65.0 Å². The van der Waals surface area contributed by atoms with Crippen LogP contribution in [0.3, 0.4) is 0 Å². The van der Waals surface area contributed by atoms with Crippen molar-refractivity contribution in [3.8, 4) is 0 Å². The van der Waals surface area contributed by atoms with Crippen LogP contribution in [0.2, 0.25) is 5.02 Å². The Bertz CT molecular complexity index is 626. The van der Waals surface area contributed by atoms with E-state index in [0.29, 0.717) is 24.5 Å². The third kappa shape index (κ3) is 5.34. The molecule has 0 unspecified atom stereocenters. The molecule has 1 aromatic rings. The molecular weight excluding hydrogens is 356 g/mol. The summed E-state index contributed by atoms with van der Waals surface area (Å²) in [5.41, 5.74) is 0.999. The van der Waals surface area contributed by atoms with Crippen LogP contribution in [0, 0.1) is 5.92 Å². The minimum atomic E-state index is -0.594. The molecule has 5 nitrogen and oxygen atoms in total. The number of hydrogen-bond donors (Lipinski definition) is 1. The van der Waals surface area contributed by atoms with Gasteiger partial charge in [0, 0.05) is 30.1 Å². The number of allylic oxidation sites excluding steroid dienone is 1. The number of carbonyl (C=O) groups excluding carboxylic acids is 1. The summed E-state index contributed by atoms with van der Waals surface area (Å²) in [7, 11) is 0. The quantitative estimate of drug-likeness (QED) is 0.521. The van der Waals surface area contributed by atoms with Crippen LogP contribution in [0.4, 0.5) is 0 Å². The summed E-state index contributed by atoms with van der Waals surface area (Å²) in [5, 5.41) is 9.89.